The van der Waals surface area contributed by atoms with Gasteiger partial charge in [-0.15, -0.1) is 0 Å². The first-order valence-corrected chi connectivity index (χ1v) is 9.49. The van der Waals surface area contributed by atoms with E-state index in [1.807, 2.05) is 30.3 Å². The van der Waals surface area contributed by atoms with Gasteiger partial charge in [0.05, 0.1) is 18.9 Å². The van der Waals surface area contributed by atoms with Crippen molar-refractivity contribution in [3.63, 3.8) is 0 Å². The molecule has 4 aromatic rings. The van der Waals surface area contributed by atoms with Crippen LogP contribution in [0.3, 0.4) is 0 Å². The summed E-state index contributed by atoms with van der Waals surface area (Å²) >= 11 is 1.43. The fourth-order valence-corrected chi connectivity index (χ4v) is 3.97. The van der Waals surface area contributed by atoms with Crippen molar-refractivity contribution in [1.29, 1.82) is 0 Å². The molecule has 1 heterocycles. The van der Waals surface area contributed by atoms with Gasteiger partial charge in [-0.1, -0.05) is 41.7 Å². The number of methoxy groups -OCH3 is 2. The fraction of sp³-hybridized carbons (Fsp3) is 0.0909. The van der Waals surface area contributed by atoms with Gasteiger partial charge in [0.15, 0.2) is 5.13 Å². The summed E-state index contributed by atoms with van der Waals surface area (Å²) in [5, 5.41) is 3.41. The van der Waals surface area contributed by atoms with E-state index < -0.39 is 0 Å². The summed E-state index contributed by atoms with van der Waals surface area (Å²) in [6.07, 6.45) is 0. The lowest BCUT2D eigenvalue weighted by Crippen LogP contribution is -2.11. The van der Waals surface area contributed by atoms with E-state index in [0.29, 0.717) is 22.2 Å². The summed E-state index contributed by atoms with van der Waals surface area (Å²) in [6, 6.07) is 21.0. The number of carbonyl (C=O) groups is 1. The smallest absolute Gasteiger partial charge is 0.257 e. The Morgan fingerprint density at radius 1 is 0.929 bits per heavy atom. The van der Waals surface area contributed by atoms with E-state index in [9.17, 15) is 4.79 Å². The number of aromatic nitrogens is 1. The Kier molecular flexibility index (Phi) is 4.95. The van der Waals surface area contributed by atoms with Crippen molar-refractivity contribution in [3.05, 3.63) is 72.3 Å². The van der Waals surface area contributed by atoms with E-state index in [4.69, 9.17) is 9.47 Å². The molecule has 5 nitrogen and oxygen atoms in total. The number of anilines is 1. The molecule has 1 aromatic heterocycles. The summed E-state index contributed by atoms with van der Waals surface area (Å²) in [5.41, 5.74) is 3.42. The zero-order valence-corrected chi connectivity index (χ0v) is 16.2. The Bertz CT molecular complexity index is 1120. The zero-order chi connectivity index (χ0) is 19.5. The Morgan fingerprint density at radius 2 is 1.68 bits per heavy atom. The number of amides is 1. The Balaban J connectivity index is 1.71. The third-order valence-corrected chi connectivity index (χ3v) is 5.39. The van der Waals surface area contributed by atoms with Crippen molar-refractivity contribution in [1.82, 2.24) is 4.98 Å². The maximum atomic E-state index is 12.6. The lowest BCUT2D eigenvalue weighted by Gasteiger charge is -2.05. The highest BCUT2D eigenvalue weighted by Gasteiger charge is 2.16. The molecule has 28 heavy (non-hydrogen) atoms. The van der Waals surface area contributed by atoms with E-state index >= 15 is 0 Å². The average molecular weight is 390 g/mol. The van der Waals surface area contributed by atoms with Gasteiger partial charge in [0.1, 0.15) is 17.0 Å². The predicted octanol–water partition coefficient (Wildman–Crippen LogP) is 5.23. The van der Waals surface area contributed by atoms with Crippen molar-refractivity contribution < 1.29 is 14.3 Å². The maximum absolute atomic E-state index is 12.6. The van der Waals surface area contributed by atoms with Crippen LogP contribution in [0.2, 0.25) is 0 Å². The van der Waals surface area contributed by atoms with E-state index in [2.05, 4.69) is 22.4 Å². The van der Waals surface area contributed by atoms with E-state index in [1.165, 1.54) is 11.3 Å². The molecule has 0 radical (unpaired) electrons. The summed E-state index contributed by atoms with van der Waals surface area (Å²) < 4.78 is 11.6. The molecule has 0 saturated heterocycles. The lowest BCUT2D eigenvalue weighted by atomic mass is 10.1. The van der Waals surface area contributed by atoms with Gasteiger partial charge in [-0.3, -0.25) is 10.1 Å². The quantitative estimate of drug-likeness (QED) is 0.507. The zero-order valence-electron chi connectivity index (χ0n) is 15.4. The van der Waals surface area contributed by atoms with Gasteiger partial charge >= 0.3 is 0 Å². The molecule has 1 N–H and O–H groups in total. The highest BCUT2D eigenvalue weighted by Crippen LogP contribution is 2.39. The van der Waals surface area contributed by atoms with Gasteiger partial charge in [-0.25, -0.2) is 4.98 Å². The number of nitrogens with zero attached hydrogens (tertiary/aromatic N) is 1. The molecule has 1 amide bonds. The molecular formula is C22H18N2O3S. The van der Waals surface area contributed by atoms with Crippen LogP contribution in [0.15, 0.2) is 66.7 Å². The van der Waals surface area contributed by atoms with Gasteiger partial charge < -0.3 is 9.47 Å². The molecule has 4 rings (SSSR count). The second-order valence-electron chi connectivity index (χ2n) is 6.06. The van der Waals surface area contributed by atoms with Gasteiger partial charge in [0.2, 0.25) is 0 Å². The van der Waals surface area contributed by atoms with E-state index in [1.54, 1.807) is 38.5 Å². The molecule has 140 valence electrons. The van der Waals surface area contributed by atoms with Gasteiger partial charge in [-0.2, -0.15) is 0 Å². The predicted molar refractivity (Wildman–Crippen MR) is 113 cm³/mol. The van der Waals surface area contributed by atoms with Crippen LogP contribution in [0.1, 0.15) is 10.4 Å². The average Bonchev–Trinajstić information content (AvgIpc) is 3.17. The molecule has 0 saturated carbocycles. The van der Waals surface area contributed by atoms with Crippen LogP contribution in [0, 0.1) is 0 Å². The molecular weight excluding hydrogens is 372 g/mol. The molecule has 0 aliphatic heterocycles. The van der Waals surface area contributed by atoms with Gasteiger partial charge in [0.25, 0.3) is 5.91 Å². The Morgan fingerprint density at radius 3 is 2.36 bits per heavy atom. The highest BCUT2D eigenvalue weighted by atomic mass is 32.1. The first-order valence-electron chi connectivity index (χ1n) is 8.68. The molecule has 6 heteroatoms. The fourth-order valence-electron chi connectivity index (χ4n) is 2.96. The van der Waals surface area contributed by atoms with Crippen LogP contribution in [0.4, 0.5) is 5.13 Å². The number of ether oxygens (including phenoxy) is 2. The highest BCUT2D eigenvalue weighted by molar-refractivity contribution is 7.23. The summed E-state index contributed by atoms with van der Waals surface area (Å²) in [4.78, 5) is 17.2. The molecule has 0 unspecified atom stereocenters. The summed E-state index contributed by atoms with van der Waals surface area (Å²) in [6.45, 7) is 0. The number of hydrogen-bond donors (Lipinski definition) is 1. The van der Waals surface area contributed by atoms with Crippen molar-refractivity contribution in [2.75, 3.05) is 19.5 Å². The summed E-state index contributed by atoms with van der Waals surface area (Å²) in [7, 11) is 3.21. The monoisotopic (exact) mass is 390 g/mol. The van der Waals surface area contributed by atoms with Crippen molar-refractivity contribution in [3.8, 4) is 22.6 Å². The first kappa shape index (κ1) is 18.0. The Labute approximate surface area is 166 Å². The number of thiazole rings is 1. The molecule has 0 fully saturated rings. The molecule has 0 atom stereocenters. The van der Waals surface area contributed by atoms with Crippen LogP contribution in [0.25, 0.3) is 21.3 Å². The number of benzene rings is 3. The van der Waals surface area contributed by atoms with E-state index in [-0.39, 0.29) is 5.91 Å². The molecule has 0 spiro atoms. The number of carbonyl (C=O) groups excluding carboxylic acids is 1. The van der Waals surface area contributed by atoms with Crippen LogP contribution in [0.5, 0.6) is 11.5 Å². The molecule has 3 aromatic carbocycles. The minimum atomic E-state index is -0.220. The number of fused-ring (bicyclic) bond motifs is 1. The van der Waals surface area contributed by atoms with Gasteiger partial charge in [0, 0.05) is 11.1 Å². The second kappa shape index (κ2) is 7.70. The third-order valence-electron chi connectivity index (χ3n) is 4.38. The molecule has 0 aliphatic carbocycles. The number of rotatable bonds is 5. The van der Waals surface area contributed by atoms with Crippen LogP contribution in [-0.2, 0) is 0 Å². The van der Waals surface area contributed by atoms with Crippen molar-refractivity contribution in [2.24, 2.45) is 0 Å². The number of nitrogens with one attached hydrogen (secondary N) is 1. The van der Waals surface area contributed by atoms with Crippen molar-refractivity contribution >= 4 is 32.6 Å². The maximum Gasteiger partial charge on any atom is 0.257 e. The summed E-state index contributed by atoms with van der Waals surface area (Å²) in [5.74, 6) is 1.16. The topological polar surface area (TPSA) is 60.5 Å². The van der Waals surface area contributed by atoms with Crippen molar-refractivity contribution in [2.45, 2.75) is 0 Å². The molecule has 0 bridgehead atoms. The minimum absolute atomic E-state index is 0.220. The van der Waals surface area contributed by atoms with Crippen LogP contribution >= 0.6 is 11.3 Å². The second-order valence-corrected chi connectivity index (χ2v) is 7.06. The van der Waals surface area contributed by atoms with Crippen LogP contribution < -0.4 is 14.8 Å². The molecule has 0 aliphatic rings. The van der Waals surface area contributed by atoms with E-state index in [0.717, 1.165) is 21.3 Å². The lowest BCUT2D eigenvalue weighted by molar-refractivity contribution is 0.102. The van der Waals surface area contributed by atoms with Crippen LogP contribution in [-0.4, -0.2) is 25.1 Å². The third kappa shape index (κ3) is 3.42. The first-order chi connectivity index (χ1) is 13.7. The number of hydrogen-bond acceptors (Lipinski definition) is 5. The largest absolute Gasteiger partial charge is 0.497 e. The minimum Gasteiger partial charge on any atom is -0.497 e. The Hall–Kier alpha value is -3.38. The SMILES string of the molecule is COc1ccc(C(=O)Nc2nc3c(OC)ccc(-c4ccccc4)c3s2)cc1. The standard InChI is InChI=1S/C22H18N2O3S/c1-26-16-10-8-15(9-11-16)21(25)24-22-23-19-18(27-2)13-12-17(20(19)28-22)14-6-4-3-5-7-14/h3-13H,1-2H3,(H,23,24,25). The van der Waals surface area contributed by atoms with Gasteiger partial charge in [-0.05, 0) is 42.0 Å². The normalized spacial score (nSPS) is 10.6.